The van der Waals surface area contributed by atoms with E-state index in [1.807, 2.05) is 0 Å². The number of aliphatic hydroxyl groups is 1. The van der Waals surface area contributed by atoms with Crippen molar-refractivity contribution in [3.05, 3.63) is 0 Å². The summed E-state index contributed by atoms with van der Waals surface area (Å²) in [4.78, 5) is 72.5. The zero-order chi connectivity index (χ0) is 67.9. The molecule has 0 rings (SSSR count). The summed E-state index contributed by atoms with van der Waals surface area (Å²) in [6.07, 6.45) is 51.6. The van der Waals surface area contributed by atoms with Gasteiger partial charge in [0.1, 0.15) is 19.3 Å². The molecule has 0 saturated heterocycles. The predicted octanol–water partition coefficient (Wildman–Crippen LogP) is 21.2. The number of hydrogen-bond acceptors (Lipinski definition) is 15. The zero-order valence-corrected chi connectivity index (χ0v) is 61.6. The van der Waals surface area contributed by atoms with Crippen molar-refractivity contribution in [2.45, 2.75) is 394 Å². The molecule has 0 radical (unpaired) electrons. The van der Waals surface area contributed by atoms with E-state index < -0.39 is 97.5 Å². The Balaban J connectivity index is 5.16. The van der Waals surface area contributed by atoms with Crippen molar-refractivity contribution in [1.82, 2.24) is 0 Å². The van der Waals surface area contributed by atoms with Crippen LogP contribution in [0.1, 0.15) is 375 Å². The number of carbonyl (C=O) groups is 4. The third-order valence-electron chi connectivity index (χ3n) is 17.0. The molecule has 0 aromatic carbocycles. The highest BCUT2D eigenvalue weighted by molar-refractivity contribution is 7.47. The maximum absolute atomic E-state index is 13.0. The summed E-state index contributed by atoms with van der Waals surface area (Å²) < 4.78 is 68.3. The van der Waals surface area contributed by atoms with Gasteiger partial charge in [-0.2, -0.15) is 0 Å². The van der Waals surface area contributed by atoms with E-state index in [0.717, 1.165) is 108 Å². The molecular formula is C73H142O17P2. The molecule has 0 bridgehead atoms. The third-order valence-corrected chi connectivity index (χ3v) is 18.9. The molecule has 0 aliphatic carbocycles. The van der Waals surface area contributed by atoms with Crippen molar-refractivity contribution in [2.75, 3.05) is 39.6 Å². The highest BCUT2D eigenvalue weighted by atomic mass is 31.2. The van der Waals surface area contributed by atoms with Gasteiger partial charge in [-0.25, -0.2) is 9.13 Å². The fourth-order valence-corrected chi connectivity index (χ4v) is 12.7. The fraction of sp³-hybridized carbons (Fsp3) is 0.945. The first-order valence-corrected chi connectivity index (χ1v) is 41.0. The molecule has 0 aliphatic heterocycles. The summed E-state index contributed by atoms with van der Waals surface area (Å²) in [6.45, 7) is 9.48. The molecular weight excluding hydrogens is 1210 g/mol. The lowest BCUT2D eigenvalue weighted by molar-refractivity contribution is -0.161. The summed E-state index contributed by atoms with van der Waals surface area (Å²) in [5, 5.41) is 10.6. The Labute approximate surface area is 562 Å². The Bertz CT molecular complexity index is 1790. The molecule has 0 spiro atoms. The van der Waals surface area contributed by atoms with Crippen LogP contribution in [0.4, 0.5) is 0 Å². The van der Waals surface area contributed by atoms with Gasteiger partial charge in [0.05, 0.1) is 26.4 Å². The van der Waals surface area contributed by atoms with Crippen molar-refractivity contribution in [1.29, 1.82) is 0 Å². The third kappa shape index (κ3) is 66.7. The maximum atomic E-state index is 13.0. The van der Waals surface area contributed by atoms with Crippen molar-refractivity contribution >= 4 is 39.5 Å². The van der Waals surface area contributed by atoms with Gasteiger partial charge in [0.15, 0.2) is 12.2 Å². The highest BCUT2D eigenvalue weighted by Gasteiger charge is 2.30. The average molecular weight is 1350 g/mol. The quantitative estimate of drug-likeness (QED) is 0.0222. The first-order valence-electron chi connectivity index (χ1n) is 38.0. The zero-order valence-electron chi connectivity index (χ0n) is 59.9. The van der Waals surface area contributed by atoms with E-state index in [1.165, 1.54) is 186 Å². The highest BCUT2D eigenvalue weighted by Crippen LogP contribution is 2.45. The van der Waals surface area contributed by atoms with Gasteiger partial charge >= 0.3 is 39.5 Å². The fourth-order valence-electron chi connectivity index (χ4n) is 11.1. The van der Waals surface area contributed by atoms with Gasteiger partial charge in [-0.15, -0.1) is 0 Å². The van der Waals surface area contributed by atoms with E-state index >= 15 is 0 Å². The van der Waals surface area contributed by atoms with Crippen molar-refractivity contribution in [3.8, 4) is 0 Å². The van der Waals surface area contributed by atoms with Crippen LogP contribution >= 0.6 is 15.6 Å². The van der Waals surface area contributed by atoms with Gasteiger partial charge in [0.25, 0.3) is 0 Å². The first-order chi connectivity index (χ1) is 44.4. The van der Waals surface area contributed by atoms with Crippen LogP contribution < -0.4 is 0 Å². The Morgan fingerprint density at radius 3 is 0.739 bits per heavy atom. The topological polar surface area (TPSA) is 237 Å². The Kier molecular flexibility index (Phi) is 63.7. The van der Waals surface area contributed by atoms with Crippen LogP contribution in [0.3, 0.4) is 0 Å². The number of unbranched alkanes of at least 4 members (excludes halogenated alkanes) is 42. The number of phosphoric ester groups is 2. The van der Waals surface area contributed by atoms with E-state index in [2.05, 4.69) is 41.5 Å². The molecule has 546 valence electrons. The van der Waals surface area contributed by atoms with Gasteiger partial charge < -0.3 is 33.8 Å². The van der Waals surface area contributed by atoms with E-state index in [-0.39, 0.29) is 25.7 Å². The van der Waals surface area contributed by atoms with Crippen LogP contribution in [-0.4, -0.2) is 96.7 Å². The molecule has 0 aromatic rings. The number of aliphatic hydroxyl groups excluding tert-OH is 1. The van der Waals surface area contributed by atoms with Crippen molar-refractivity contribution in [2.24, 2.45) is 11.8 Å². The molecule has 5 atom stereocenters. The smallest absolute Gasteiger partial charge is 0.462 e. The van der Waals surface area contributed by atoms with Crippen LogP contribution in [0.5, 0.6) is 0 Å². The van der Waals surface area contributed by atoms with Gasteiger partial charge in [0.2, 0.25) is 0 Å². The molecule has 3 N–H and O–H groups in total. The molecule has 92 heavy (non-hydrogen) atoms. The van der Waals surface area contributed by atoms with Gasteiger partial charge in [0, 0.05) is 25.7 Å². The maximum Gasteiger partial charge on any atom is 0.472 e. The van der Waals surface area contributed by atoms with Crippen LogP contribution in [0.2, 0.25) is 0 Å². The number of rotatable bonds is 72. The van der Waals surface area contributed by atoms with Crippen molar-refractivity contribution < 1.29 is 80.2 Å². The van der Waals surface area contributed by atoms with Gasteiger partial charge in [-0.3, -0.25) is 37.3 Å². The SMILES string of the molecule is CCCCCCCCCCCCCCCCCCCCCCCC(=O)O[C@H](COC(=O)CCCCCCCCCCCC(C)C)COP(=O)(O)OC[C@@H](O)COP(=O)(O)OC[C@@H](COC(=O)CCCCCCCCCC)OC(=O)CCCCCCCCCCC(C)C. The van der Waals surface area contributed by atoms with E-state index in [0.29, 0.717) is 25.7 Å². The Hall–Kier alpha value is -1.94. The largest absolute Gasteiger partial charge is 0.472 e. The number of phosphoric acid groups is 2. The monoisotopic (exact) mass is 1350 g/mol. The minimum absolute atomic E-state index is 0.104. The molecule has 0 amide bonds. The normalized spacial score (nSPS) is 14.1. The summed E-state index contributed by atoms with van der Waals surface area (Å²) in [5.41, 5.74) is 0. The molecule has 0 saturated carbocycles. The second-order valence-corrected chi connectivity index (χ2v) is 30.2. The number of ether oxygens (including phenoxy) is 4. The van der Waals surface area contributed by atoms with Crippen LogP contribution in [0.15, 0.2) is 0 Å². The van der Waals surface area contributed by atoms with E-state index in [4.69, 9.17) is 37.0 Å². The lowest BCUT2D eigenvalue weighted by Gasteiger charge is -2.21. The number of hydrogen-bond donors (Lipinski definition) is 3. The average Bonchev–Trinajstić information content (AvgIpc) is 1.53. The first kappa shape index (κ1) is 90.1. The second kappa shape index (κ2) is 65.0. The molecule has 0 aromatic heterocycles. The van der Waals surface area contributed by atoms with Crippen LogP contribution in [0.25, 0.3) is 0 Å². The number of esters is 4. The molecule has 17 nitrogen and oxygen atoms in total. The van der Waals surface area contributed by atoms with Gasteiger partial charge in [-0.1, -0.05) is 324 Å². The molecule has 19 heteroatoms. The molecule has 0 fully saturated rings. The number of carbonyl (C=O) groups excluding carboxylic acids is 4. The second-order valence-electron chi connectivity index (χ2n) is 27.3. The summed E-state index contributed by atoms with van der Waals surface area (Å²) in [6, 6.07) is 0. The molecule has 2 unspecified atom stereocenters. The van der Waals surface area contributed by atoms with E-state index in [1.54, 1.807) is 0 Å². The summed E-state index contributed by atoms with van der Waals surface area (Å²) >= 11 is 0. The Morgan fingerprint density at radius 2 is 0.500 bits per heavy atom. The summed E-state index contributed by atoms with van der Waals surface area (Å²) in [7, 11) is -9.90. The Morgan fingerprint density at radius 1 is 0.293 bits per heavy atom. The standard InChI is InChI=1S/C73H142O17P2/c1-7-9-11-13-15-17-18-19-20-21-22-23-24-25-26-27-28-31-39-45-51-57-72(77)89-69(62-84-71(76)56-50-44-38-32-29-30-35-41-47-53-65(3)4)64-88-92(81,82)86-60-67(74)59-85-91(79,80)87-63-68(61-83-70(75)55-49-43-37-16-14-12-10-8-2)90-73(78)58-52-46-40-34-33-36-42-48-54-66(5)6/h65-69,74H,7-64H2,1-6H3,(H,79,80)(H,81,82)/t67-,68+,69+/m0/s1. The van der Waals surface area contributed by atoms with Crippen LogP contribution in [0, 0.1) is 11.8 Å². The minimum Gasteiger partial charge on any atom is -0.462 e. The van der Waals surface area contributed by atoms with Crippen LogP contribution in [-0.2, 0) is 65.4 Å². The molecule has 0 aliphatic rings. The minimum atomic E-state index is -4.95. The van der Waals surface area contributed by atoms with Gasteiger partial charge in [-0.05, 0) is 37.5 Å². The van der Waals surface area contributed by atoms with Crippen molar-refractivity contribution in [3.63, 3.8) is 0 Å². The lowest BCUT2D eigenvalue weighted by Crippen LogP contribution is -2.30. The lowest BCUT2D eigenvalue weighted by atomic mass is 10.0. The summed E-state index contributed by atoms with van der Waals surface area (Å²) in [5.74, 6) is -0.664. The van der Waals surface area contributed by atoms with E-state index in [9.17, 15) is 43.2 Å². The predicted molar refractivity (Wildman–Crippen MR) is 372 cm³/mol. The molecule has 0 heterocycles.